The van der Waals surface area contributed by atoms with E-state index < -0.39 is 0 Å². The van der Waals surface area contributed by atoms with Gasteiger partial charge in [-0.2, -0.15) is 5.26 Å². The summed E-state index contributed by atoms with van der Waals surface area (Å²) in [5.74, 6) is 0.490. The van der Waals surface area contributed by atoms with Crippen molar-refractivity contribution in [2.24, 2.45) is 5.92 Å². The van der Waals surface area contributed by atoms with Crippen LogP contribution in [-0.2, 0) is 0 Å². The molecule has 0 aliphatic heterocycles. The van der Waals surface area contributed by atoms with Crippen molar-refractivity contribution in [2.45, 2.75) is 38.6 Å². The van der Waals surface area contributed by atoms with E-state index in [1.165, 1.54) is 25.5 Å². The maximum Gasteiger partial charge on any atom is 0.272 e. The van der Waals surface area contributed by atoms with Crippen LogP contribution in [-0.4, -0.2) is 28.9 Å². The molecule has 2 unspecified atom stereocenters. The van der Waals surface area contributed by atoms with Gasteiger partial charge >= 0.3 is 0 Å². The zero-order chi connectivity index (χ0) is 13.8. The molecule has 4 heteroatoms. The predicted molar refractivity (Wildman–Crippen MR) is 72.5 cm³/mol. The van der Waals surface area contributed by atoms with Gasteiger partial charge in [0, 0.05) is 19.3 Å². The molecule has 1 saturated carbocycles. The molecule has 2 atom stereocenters. The lowest BCUT2D eigenvalue weighted by Gasteiger charge is -2.36. The molecule has 1 aromatic rings. The number of nitrogens with zero attached hydrogens (tertiary/aromatic N) is 3. The molecule has 0 saturated heterocycles. The molecule has 1 heterocycles. The van der Waals surface area contributed by atoms with Crippen LogP contribution in [0.3, 0.4) is 0 Å². The Morgan fingerprint density at radius 1 is 1.42 bits per heavy atom. The second-order valence-electron chi connectivity index (χ2n) is 5.29. The first-order chi connectivity index (χ1) is 9.13. The molecule has 4 nitrogen and oxygen atoms in total. The maximum absolute atomic E-state index is 12.4. The molecule has 0 bridgehead atoms. The molecule has 1 fully saturated rings. The topological polar surface area (TPSA) is 57.0 Å². The molecule has 0 spiro atoms. The van der Waals surface area contributed by atoms with Crippen LogP contribution in [0.15, 0.2) is 18.3 Å². The number of hydrogen-bond acceptors (Lipinski definition) is 3. The van der Waals surface area contributed by atoms with Crippen LogP contribution in [0.25, 0.3) is 0 Å². The lowest BCUT2D eigenvalue weighted by Crippen LogP contribution is -2.42. The predicted octanol–water partition coefficient (Wildman–Crippen LogP) is 2.60. The van der Waals surface area contributed by atoms with E-state index in [2.05, 4.69) is 11.9 Å². The van der Waals surface area contributed by atoms with E-state index in [0.717, 1.165) is 6.42 Å². The van der Waals surface area contributed by atoms with Crippen molar-refractivity contribution in [1.29, 1.82) is 5.26 Å². The second kappa shape index (κ2) is 5.83. The SMILES string of the molecule is CC1CCCCC1N(C)C(=O)c1ccc(C#N)cn1. The van der Waals surface area contributed by atoms with Gasteiger partial charge in [-0.3, -0.25) is 4.79 Å². The minimum absolute atomic E-state index is 0.0526. The Morgan fingerprint density at radius 2 is 2.16 bits per heavy atom. The standard InChI is InChI=1S/C15H19N3O/c1-11-5-3-4-6-14(11)18(2)15(19)13-8-7-12(9-16)10-17-13/h7-8,10-11,14H,3-6H2,1-2H3. The Balaban J connectivity index is 2.11. The molecule has 100 valence electrons. The first-order valence-electron chi connectivity index (χ1n) is 6.77. The van der Waals surface area contributed by atoms with E-state index in [0.29, 0.717) is 23.2 Å². The number of rotatable bonds is 2. The largest absolute Gasteiger partial charge is 0.337 e. The summed E-state index contributed by atoms with van der Waals surface area (Å²) in [5.41, 5.74) is 0.893. The van der Waals surface area contributed by atoms with Crippen molar-refractivity contribution in [1.82, 2.24) is 9.88 Å². The first kappa shape index (κ1) is 13.5. The minimum atomic E-state index is -0.0526. The average Bonchev–Trinajstić information content (AvgIpc) is 2.46. The maximum atomic E-state index is 12.4. The Morgan fingerprint density at radius 3 is 2.74 bits per heavy atom. The third-order valence-electron chi connectivity index (χ3n) is 4.00. The van der Waals surface area contributed by atoms with Crippen LogP contribution in [0.4, 0.5) is 0 Å². The summed E-state index contributed by atoms with van der Waals surface area (Å²) in [5, 5.41) is 8.73. The van der Waals surface area contributed by atoms with Gasteiger partial charge in [0.2, 0.25) is 0 Å². The van der Waals surface area contributed by atoms with Crippen molar-refractivity contribution in [2.75, 3.05) is 7.05 Å². The van der Waals surface area contributed by atoms with Crippen molar-refractivity contribution >= 4 is 5.91 Å². The van der Waals surface area contributed by atoms with E-state index in [1.54, 1.807) is 12.1 Å². The van der Waals surface area contributed by atoms with Gasteiger partial charge in [0.15, 0.2) is 0 Å². The summed E-state index contributed by atoms with van der Waals surface area (Å²) < 4.78 is 0. The van der Waals surface area contributed by atoms with Crippen molar-refractivity contribution in [3.05, 3.63) is 29.6 Å². The number of carbonyl (C=O) groups excluding carboxylic acids is 1. The van der Waals surface area contributed by atoms with E-state index in [1.807, 2.05) is 18.0 Å². The van der Waals surface area contributed by atoms with Gasteiger partial charge in [-0.05, 0) is 30.9 Å². The molecule has 0 radical (unpaired) electrons. The fourth-order valence-electron chi connectivity index (χ4n) is 2.79. The van der Waals surface area contributed by atoms with E-state index >= 15 is 0 Å². The number of aromatic nitrogens is 1. The van der Waals surface area contributed by atoms with Crippen LogP contribution in [0.1, 0.15) is 48.7 Å². The number of pyridine rings is 1. The van der Waals surface area contributed by atoms with Gasteiger partial charge in [0.05, 0.1) is 5.56 Å². The molecule has 1 amide bonds. The Labute approximate surface area is 114 Å². The van der Waals surface area contributed by atoms with E-state index in [-0.39, 0.29) is 5.91 Å². The molecule has 0 aromatic carbocycles. The van der Waals surface area contributed by atoms with Crippen molar-refractivity contribution < 1.29 is 4.79 Å². The highest BCUT2D eigenvalue weighted by atomic mass is 16.2. The summed E-state index contributed by atoms with van der Waals surface area (Å²) in [6.07, 6.45) is 6.15. The lowest BCUT2D eigenvalue weighted by atomic mass is 9.85. The van der Waals surface area contributed by atoms with Crippen LogP contribution >= 0.6 is 0 Å². The first-order valence-corrected chi connectivity index (χ1v) is 6.77. The number of hydrogen-bond donors (Lipinski definition) is 0. The van der Waals surface area contributed by atoms with Gasteiger partial charge < -0.3 is 4.90 Å². The zero-order valence-electron chi connectivity index (χ0n) is 11.5. The highest BCUT2D eigenvalue weighted by Crippen LogP contribution is 2.27. The van der Waals surface area contributed by atoms with Gasteiger partial charge in [-0.15, -0.1) is 0 Å². The third kappa shape index (κ3) is 2.93. The van der Waals surface area contributed by atoms with Crippen LogP contribution < -0.4 is 0 Å². The van der Waals surface area contributed by atoms with E-state index in [4.69, 9.17) is 5.26 Å². The summed E-state index contributed by atoms with van der Waals surface area (Å²) in [6.45, 7) is 2.21. The van der Waals surface area contributed by atoms with Gasteiger partial charge in [-0.25, -0.2) is 4.98 Å². The Kier molecular flexibility index (Phi) is 4.16. The molecule has 1 aromatic heterocycles. The molecule has 0 N–H and O–H groups in total. The van der Waals surface area contributed by atoms with E-state index in [9.17, 15) is 4.79 Å². The Bertz CT molecular complexity index is 489. The number of carbonyl (C=O) groups is 1. The lowest BCUT2D eigenvalue weighted by molar-refractivity contribution is 0.0623. The average molecular weight is 257 g/mol. The smallest absolute Gasteiger partial charge is 0.272 e. The quantitative estimate of drug-likeness (QED) is 0.818. The highest BCUT2D eigenvalue weighted by Gasteiger charge is 2.28. The van der Waals surface area contributed by atoms with Crippen LogP contribution in [0.2, 0.25) is 0 Å². The fourth-order valence-corrected chi connectivity index (χ4v) is 2.79. The molecular formula is C15H19N3O. The zero-order valence-corrected chi connectivity index (χ0v) is 11.5. The fraction of sp³-hybridized carbons (Fsp3) is 0.533. The monoisotopic (exact) mass is 257 g/mol. The molecule has 19 heavy (non-hydrogen) atoms. The van der Waals surface area contributed by atoms with Crippen LogP contribution in [0, 0.1) is 17.2 Å². The van der Waals surface area contributed by atoms with Gasteiger partial charge in [0.25, 0.3) is 5.91 Å². The molecular weight excluding hydrogens is 238 g/mol. The van der Waals surface area contributed by atoms with Crippen LogP contribution in [0.5, 0.6) is 0 Å². The second-order valence-corrected chi connectivity index (χ2v) is 5.29. The summed E-state index contributed by atoms with van der Waals surface area (Å²) in [6, 6.07) is 5.58. The van der Waals surface area contributed by atoms with Crippen molar-refractivity contribution in [3.63, 3.8) is 0 Å². The molecule has 1 aliphatic rings. The van der Waals surface area contributed by atoms with Gasteiger partial charge in [0.1, 0.15) is 11.8 Å². The third-order valence-corrected chi connectivity index (χ3v) is 4.00. The molecule has 1 aliphatic carbocycles. The van der Waals surface area contributed by atoms with Crippen molar-refractivity contribution in [3.8, 4) is 6.07 Å². The number of nitriles is 1. The number of amides is 1. The molecule has 2 rings (SSSR count). The highest BCUT2D eigenvalue weighted by molar-refractivity contribution is 5.92. The van der Waals surface area contributed by atoms with Gasteiger partial charge in [-0.1, -0.05) is 19.8 Å². The summed E-state index contributed by atoms with van der Waals surface area (Å²) in [4.78, 5) is 18.3. The summed E-state index contributed by atoms with van der Waals surface area (Å²) >= 11 is 0. The normalized spacial score (nSPS) is 22.6. The minimum Gasteiger partial charge on any atom is -0.337 e. The Hall–Kier alpha value is -1.89. The summed E-state index contributed by atoms with van der Waals surface area (Å²) in [7, 11) is 1.86.